The summed E-state index contributed by atoms with van der Waals surface area (Å²) in [6.45, 7) is 8.48. The largest absolute Gasteiger partial charge is 0.491 e. The van der Waals surface area contributed by atoms with Gasteiger partial charge in [-0.1, -0.05) is 0 Å². The third-order valence-corrected chi connectivity index (χ3v) is 10.1. The standard InChI is InChI=1S/C32H38N4O6S/c1-31(2,21-33)27(35-17-5-7-29(35)37)19-41-23-9-13-25(14-10-23)43(39,40)26-15-11-24(12-16-26)42-20-28(32(3,4)22-34)36-18-6-8-30(36)38/h9-16,27-28H,5-8,17-20H2,1-4H3. The first kappa shape index (κ1) is 31.8. The molecule has 11 heteroatoms. The summed E-state index contributed by atoms with van der Waals surface area (Å²) < 4.78 is 38.5. The van der Waals surface area contributed by atoms with Gasteiger partial charge in [0.1, 0.15) is 24.7 Å². The lowest BCUT2D eigenvalue weighted by molar-refractivity contribution is -0.132. The smallest absolute Gasteiger partial charge is 0.223 e. The molecule has 10 nitrogen and oxygen atoms in total. The molecule has 0 aromatic heterocycles. The molecule has 2 aromatic rings. The second kappa shape index (κ2) is 12.6. The van der Waals surface area contributed by atoms with Crippen LogP contribution in [-0.2, 0) is 19.4 Å². The number of amides is 2. The van der Waals surface area contributed by atoms with Crippen molar-refractivity contribution in [1.82, 2.24) is 9.80 Å². The van der Waals surface area contributed by atoms with Crippen molar-refractivity contribution in [3.63, 3.8) is 0 Å². The predicted octanol–water partition coefficient (Wildman–Crippen LogP) is 4.36. The zero-order valence-electron chi connectivity index (χ0n) is 25.1. The number of likely N-dealkylation sites (tertiary alicyclic amines) is 2. The summed E-state index contributed by atoms with van der Waals surface area (Å²) in [7, 11) is -3.83. The number of carbonyl (C=O) groups excluding carboxylic acids is 2. The Balaban J connectivity index is 1.41. The van der Waals surface area contributed by atoms with Gasteiger partial charge in [0.25, 0.3) is 0 Å². The second-order valence-corrected chi connectivity index (χ2v) is 14.1. The van der Waals surface area contributed by atoms with E-state index in [0.717, 1.165) is 12.8 Å². The Kier molecular flexibility index (Phi) is 9.36. The predicted molar refractivity (Wildman–Crippen MR) is 158 cm³/mol. The van der Waals surface area contributed by atoms with Gasteiger partial charge in [0, 0.05) is 25.9 Å². The van der Waals surface area contributed by atoms with E-state index in [4.69, 9.17) is 9.47 Å². The molecular weight excluding hydrogens is 568 g/mol. The molecule has 2 aliphatic rings. The van der Waals surface area contributed by atoms with E-state index in [1.165, 1.54) is 24.3 Å². The third-order valence-electron chi connectivity index (χ3n) is 8.30. The van der Waals surface area contributed by atoms with Gasteiger partial charge in [0.15, 0.2) is 0 Å². The summed E-state index contributed by atoms with van der Waals surface area (Å²) in [5, 5.41) is 19.3. The Labute approximate surface area is 253 Å². The molecule has 2 saturated heterocycles. The summed E-state index contributed by atoms with van der Waals surface area (Å²) in [6, 6.07) is 15.7. The highest BCUT2D eigenvalue weighted by atomic mass is 32.2. The first-order chi connectivity index (χ1) is 20.3. The van der Waals surface area contributed by atoms with E-state index in [2.05, 4.69) is 12.1 Å². The Bertz CT molecular complexity index is 1410. The number of hydrogen-bond acceptors (Lipinski definition) is 8. The van der Waals surface area contributed by atoms with E-state index in [1.807, 2.05) is 0 Å². The van der Waals surface area contributed by atoms with Gasteiger partial charge in [0.05, 0.1) is 44.8 Å². The molecule has 0 radical (unpaired) electrons. The van der Waals surface area contributed by atoms with Crippen LogP contribution in [0.5, 0.6) is 11.5 Å². The summed E-state index contributed by atoms with van der Waals surface area (Å²) in [5.74, 6) is 0.864. The molecule has 43 heavy (non-hydrogen) atoms. The van der Waals surface area contributed by atoms with Gasteiger partial charge in [-0.05, 0) is 89.1 Å². The number of nitrogens with zero attached hydrogens (tertiary/aromatic N) is 4. The molecule has 0 bridgehead atoms. The molecule has 0 saturated carbocycles. The fraction of sp³-hybridized carbons (Fsp3) is 0.500. The van der Waals surface area contributed by atoms with Crippen LogP contribution >= 0.6 is 0 Å². The topological polar surface area (TPSA) is 141 Å². The van der Waals surface area contributed by atoms with Gasteiger partial charge < -0.3 is 19.3 Å². The minimum absolute atomic E-state index is 0.00213. The van der Waals surface area contributed by atoms with E-state index in [1.54, 1.807) is 61.8 Å². The van der Waals surface area contributed by atoms with Crippen molar-refractivity contribution in [3.05, 3.63) is 48.5 Å². The third kappa shape index (κ3) is 6.94. The van der Waals surface area contributed by atoms with Crippen molar-refractivity contribution in [2.24, 2.45) is 10.8 Å². The molecule has 0 spiro atoms. The molecule has 4 rings (SSSR count). The molecule has 0 aliphatic carbocycles. The number of carbonyl (C=O) groups is 2. The fourth-order valence-electron chi connectivity index (χ4n) is 5.44. The highest BCUT2D eigenvalue weighted by Crippen LogP contribution is 2.31. The number of ether oxygens (including phenoxy) is 2. The second-order valence-electron chi connectivity index (χ2n) is 12.1. The van der Waals surface area contributed by atoms with Crippen LogP contribution in [0.25, 0.3) is 0 Å². The van der Waals surface area contributed by atoms with Crippen LogP contribution in [-0.4, -0.2) is 68.4 Å². The van der Waals surface area contributed by atoms with Crippen molar-refractivity contribution in [1.29, 1.82) is 10.5 Å². The molecule has 0 N–H and O–H groups in total. The Hall–Kier alpha value is -4.09. The maximum Gasteiger partial charge on any atom is 0.223 e. The maximum atomic E-state index is 13.3. The molecule has 2 heterocycles. The molecule has 2 unspecified atom stereocenters. The van der Waals surface area contributed by atoms with E-state index in [0.29, 0.717) is 37.4 Å². The first-order valence-corrected chi connectivity index (χ1v) is 15.9. The number of rotatable bonds is 12. The Morgan fingerprint density at radius 2 is 1.07 bits per heavy atom. The summed E-state index contributed by atoms with van der Waals surface area (Å²) in [4.78, 5) is 28.3. The minimum Gasteiger partial charge on any atom is -0.491 e. The van der Waals surface area contributed by atoms with Crippen molar-refractivity contribution in [2.75, 3.05) is 26.3 Å². The van der Waals surface area contributed by atoms with E-state index in [9.17, 15) is 28.5 Å². The van der Waals surface area contributed by atoms with Crippen LogP contribution in [0.2, 0.25) is 0 Å². The summed E-state index contributed by atoms with van der Waals surface area (Å²) >= 11 is 0. The fourth-order valence-corrected chi connectivity index (χ4v) is 6.70. The van der Waals surface area contributed by atoms with Gasteiger partial charge >= 0.3 is 0 Å². The van der Waals surface area contributed by atoms with Gasteiger partial charge in [-0.15, -0.1) is 0 Å². The summed E-state index contributed by atoms with van der Waals surface area (Å²) in [6.07, 6.45) is 2.40. The van der Waals surface area contributed by atoms with Crippen LogP contribution in [0, 0.1) is 33.5 Å². The van der Waals surface area contributed by atoms with Gasteiger partial charge in [-0.3, -0.25) is 9.59 Å². The Morgan fingerprint density at radius 3 is 1.35 bits per heavy atom. The van der Waals surface area contributed by atoms with Gasteiger partial charge in [-0.2, -0.15) is 10.5 Å². The molecule has 2 aromatic carbocycles. The molecule has 2 fully saturated rings. The van der Waals surface area contributed by atoms with Crippen molar-refractivity contribution in [2.45, 2.75) is 75.3 Å². The lowest BCUT2D eigenvalue weighted by Gasteiger charge is -2.35. The highest BCUT2D eigenvalue weighted by Gasteiger charge is 2.40. The van der Waals surface area contributed by atoms with Crippen LogP contribution in [0.3, 0.4) is 0 Å². The van der Waals surface area contributed by atoms with Crippen molar-refractivity contribution >= 4 is 21.7 Å². The molecule has 2 atom stereocenters. The van der Waals surface area contributed by atoms with Gasteiger partial charge in [-0.25, -0.2) is 8.42 Å². The lowest BCUT2D eigenvalue weighted by atomic mass is 9.85. The van der Waals surface area contributed by atoms with Crippen LogP contribution in [0.1, 0.15) is 53.4 Å². The average molecular weight is 607 g/mol. The van der Waals surface area contributed by atoms with E-state index < -0.39 is 32.8 Å². The quantitative estimate of drug-likeness (QED) is 0.347. The first-order valence-electron chi connectivity index (χ1n) is 14.4. The van der Waals surface area contributed by atoms with Crippen LogP contribution in [0.15, 0.2) is 58.3 Å². The minimum atomic E-state index is -3.83. The van der Waals surface area contributed by atoms with Crippen LogP contribution < -0.4 is 9.47 Å². The average Bonchev–Trinajstić information content (AvgIpc) is 3.61. The Morgan fingerprint density at radius 1 is 0.721 bits per heavy atom. The molecule has 2 aliphatic heterocycles. The monoisotopic (exact) mass is 606 g/mol. The number of sulfone groups is 1. The number of nitriles is 2. The van der Waals surface area contributed by atoms with Crippen molar-refractivity contribution in [3.8, 4) is 23.6 Å². The lowest BCUT2D eigenvalue weighted by Crippen LogP contribution is -2.49. The van der Waals surface area contributed by atoms with Crippen molar-refractivity contribution < 1.29 is 27.5 Å². The SMILES string of the molecule is CC(C)(C#N)C(COc1ccc(S(=O)(=O)c2ccc(OCC(N3CCCC3=O)C(C)(C)C#N)cc2)cc1)N1CCCC1=O. The molecule has 228 valence electrons. The van der Waals surface area contributed by atoms with Crippen LogP contribution in [0.4, 0.5) is 0 Å². The highest BCUT2D eigenvalue weighted by molar-refractivity contribution is 7.91. The normalized spacial score (nSPS) is 17.3. The maximum absolute atomic E-state index is 13.3. The zero-order valence-corrected chi connectivity index (χ0v) is 25.9. The molecule has 2 amide bonds. The zero-order chi connectivity index (χ0) is 31.4. The molecular formula is C32H38N4O6S. The van der Waals surface area contributed by atoms with Gasteiger partial charge in [0.2, 0.25) is 21.7 Å². The number of hydrogen-bond donors (Lipinski definition) is 0. The summed E-state index contributed by atoms with van der Waals surface area (Å²) in [5.41, 5.74) is -1.64. The number of benzene rings is 2. The van der Waals surface area contributed by atoms with E-state index >= 15 is 0 Å². The van der Waals surface area contributed by atoms with E-state index in [-0.39, 0.29) is 34.8 Å².